The number of ether oxygens (including phenoxy) is 1. The molecule has 1 unspecified atom stereocenters. The molecule has 4 nitrogen and oxygen atoms in total. The summed E-state index contributed by atoms with van der Waals surface area (Å²) in [7, 11) is 0. The lowest BCUT2D eigenvalue weighted by atomic mass is 10.1. The minimum Gasteiger partial charge on any atom is -0.487 e. The second-order valence-corrected chi connectivity index (χ2v) is 4.98. The molecule has 0 saturated heterocycles. The Morgan fingerprint density at radius 3 is 3.00 bits per heavy atom. The Labute approximate surface area is 114 Å². The average Bonchev–Trinajstić information content (AvgIpc) is 2.43. The first-order valence-corrected chi connectivity index (χ1v) is 6.95. The fourth-order valence-electron chi connectivity index (χ4n) is 2.37. The van der Waals surface area contributed by atoms with Gasteiger partial charge >= 0.3 is 0 Å². The lowest BCUT2D eigenvalue weighted by Gasteiger charge is -2.33. The van der Waals surface area contributed by atoms with Crippen molar-refractivity contribution in [3.05, 3.63) is 23.8 Å². The number of carbonyl (C=O) groups excluding carboxylic acids is 1. The number of hydrogen-bond donors (Lipinski definition) is 1. The maximum Gasteiger partial charge on any atom is 0.226 e. The number of nitrogens with zero attached hydrogens (tertiary/aromatic N) is 1. The summed E-state index contributed by atoms with van der Waals surface area (Å²) < 4.78 is 5.80. The Bertz CT molecular complexity index is 459. The van der Waals surface area contributed by atoms with Gasteiger partial charge in [0.05, 0.1) is 12.2 Å². The third kappa shape index (κ3) is 3.07. The maximum atomic E-state index is 12.1. The number of benzene rings is 1. The summed E-state index contributed by atoms with van der Waals surface area (Å²) in [5, 5.41) is 0. The number of hydrogen-bond acceptors (Lipinski definition) is 3. The van der Waals surface area contributed by atoms with Crippen molar-refractivity contribution in [1.82, 2.24) is 0 Å². The summed E-state index contributed by atoms with van der Waals surface area (Å²) in [6, 6.07) is 6.08. The number of fused-ring (bicyclic) bond motifs is 1. The standard InChI is InChI=1S/C15H22N2O2/c1-3-15(18)17-10-11(2)19-14-7-6-12(5-4-8-16)9-13(14)17/h6-7,9,11H,3-5,8,10,16H2,1-2H3. The number of carbonyl (C=O) groups is 1. The van der Waals surface area contributed by atoms with Crippen LogP contribution in [0.1, 0.15) is 32.3 Å². The van der Waals surface area contributed by atoms with Crippen LogP contribution in [0, 0.1) is 0 Å². The summed E-state index contributed by atoms with van der Waals surface area (Å²) in [6.07, 6.45) is 2.45. The fraction of sp³-hybridized carbons (Fsp3) is 0.533. The normalized spacial score (nSPS) is 17.8. The summed E-state index contributed by atoms with van der Waals surface area (Å²) in [5.74, 6) is 0.949. The number of nitrogens with two attached hydrogens (primary N) is 1. The lowest BCUT2D eigenvalue weighted by Crippen LogP contribution is -2.42. The first kappa shape index (κ1) is 13.9. The van der Waals surface area contributed by atoms with Gasteiger partial charge in [0, 0.05) is 6.42 Å². The van der Waals surface area contributed by atoms with Gasteiger partial charge in [0.25, 0.3) is 0 Å². The lowest BCUT2D eigenvalue weighted by molar-refractivity contribution is -0.118. The Morgan fingerprint density at radius 1 is 1.53 bits per heavy atom. The van der Waals surface area contributed by atoms with Gasteiger partial charge in [-0.05, 0) is 44.0 Å². The number of rotatable bonds is 4. The fourth-order valence-corrected chi connectivity index (χ4v) is 2.37. The number of amides is 1. The van der Waals surface area contributed by atoms with E-state index in [0.717, 1.165) is 24.3 Å². The van der Waals surface area contributed by atoms with E-state index in [4.69, 9.17) is 10.5 Å². The van der Waals surface area contributed by atoms with E-state index in [1.807, 2.05) is 24.8 Å². The topological polar surface area (TPSA) is 55.6 Å². The molecule has 1 amide bonds. The van der Waals surface area contributed by atoms with E-state index in [0.29, 0.717) is 19.5 Å². The molecule has 0 saturated carbocycles. The van der Waals surface area contributed by atoms with E-state index in [2.05, 4.69) is 12.1 Å². The molecule has 1 aliphatic rings. The van der Waals surface area contributed by atoms with Gasteiger partial charge in [0.2, 0.25) is 5.91 Å². The van der Waals surface area contributed by atoms with Crippen molar-refractivity contribution in [2.24, 2.45) is 5.73 Å². The van der Waals surface area contributed by atoms with Crippen LogP contribution in [-0.4, -0.2) is 25.1 Å². The zero-order valence-electron chi connectivity index (χ0n) is 11.7. The van der Waals surface area contributed by atoms with Crippen molar-refractivity contribution in [2.45, 2.75) is 39.2 Å². The minimum absolute atomic E-state index is 0.0397. The highest BCUT2D eigenvalue weighted by molar-refractivity contribution is 5.95. The third-order valence-electron chi connectivity index (χ3n) is 3.36. The van der Waals surface area contributed by atoms with Gasteiger partial charge in [-0.1, -0.05) is 13.0 Å². The first-order chi connectivity index (χ1) is 9.15. The van der Waals surface area contributed by atoms with Crippen molar-refractivity contribution < 1.29 is 9.53 Å². The van der Waals surface area contributed by atoms with E-state index >= 15 is 0 Å². The molecule has 1 aromatic carbocycles. The monoisotopic (exact) mass is 262 g/mol. The molecule has 1 heterocycles. The molecule has 0 fully saturated rings. The molecule has 1 atom stereocenters. The second kappa shape index (κ2) is 6.06. The zero-order valence-corrected chi connectivity index (χ0v) is 11.7. The predicted molar refractivity (Wildman–Crippen MR) is 76.6 cm³/mol. The highest BCUT2D eigenvalue weighted by atomic mass is 16.5. The van der Waals surface area contributed by atoms with Crippen molar-refractivity contribution in [2.75, 3.05) is 18.0 Å². The van der Waals surface area contributed by atoms with Crippen molar-refractivity contribution in [3.8, 4) is 5.75 Å². The molecular weight excluding hydrogens is 240 g/mol. The molecule has 1 aromatic rings. The molecule has 0 aromatic heterocycles. The molecule has 0 aliphatic carbocycles. The van der Waals surface area contributed by atoms with Crippen LogP contribution in [0.15, 0.2) is 18.2 Å². The van der Waals surface area contributed by atoms with E-state index in [-0.39, 0.29) is 12.0 Å². The van der Waals surface area contributed by atoms with E-state index < -0.39 is 0 Å². The molecule has 2 N–H and O–H groups in total. The van der Waals surface area contributed by atoms with Gasteiger partial charge in [-0.25, -0.2) is 0 Å². The summed E-state index contributed by atoms with van der Waals surface area (Å²) in [6.45, 7) is 5.18. The van der Waals surface area contributed by atoms with Crippen LogP contribution in [0.4, 0.5) is 5.69 Å². The van der Waals surface area contributed by atoms with Gasteiger partial charge in [-0.15, -0.1) is 0 Å². The van der Waals surface area contributed by atoms with Crippen LogP contribution in [0.25, 0.3) is 0 Å². The van der Waals surface area contributed by atoms with Gasteiger partial charge in [0.1, 0.15) is 11.9 Å². The first-order valence-electron chi connectivity index (χ1n) is 6.95. The Kier molecular flexibility index (Phi) is 4.43. The maximum absolute atomic E-state index is 12.1. The molecule has 1 aliphatic heterocycles. The molecular formula is C15H22N2O2. The molecule has 0 spiro atoms. The Morgan fingerprint density at radius 2 is 2.32 bits per heavy atom. The van der Waals surface area contributed by atoms with E-state index in [1.165, 1.54) is 5.56 Å². The molecule has 2 rings (SSSR count). The third-order valence-corrected chi connectivity index (χ3v) is 3.36. The van der Waals surface area contributed by atoms with Crippen LogP contribution in [0.2, 0.25) is 0 Å². The molecule has 104 valence electrons. The summed E-state index contributed by atoms with van der Waals surface area (Å²) >= 11 is 0. The van der Waals surface area contributed by atoms with Gasteiger partial charge in [-0.2, -0.15) is 0 Å². The van der Waals surface area contributed by atoms with Gasteiger partial charge in [-0.3, -0.25) is 4.79 Å². The van der Waals surface area contributed by atoms with Crippen LogP contribution in [0.5, 0.6) is 5.75 Å². The van der Waals surface area contributed by atoms with Crippen molar-refractivity contribution in [3.63, 3.8) is 0 Å². The quantitative estimate of drug-likeness (QED) is 0.904. The Hall–Kier alpha value is -1.55. The number of anilines is 1. The molecule has 0 bridgehead atoms. The van der Waals surface area contributed by atoms with Gasteiger partial charge in [0.15, 0.2) is 0 Å². The highest BCUT2D eigenvalue weighted by Gasteiger charge is 2.26. The van der Waals surface area contributed by atoms with Crippen LogP contribution in [-0.2, 0) is 11.2 Å². The van der Waals surface area contributed by atoms with Crippen LogP contribution in [0.3, 0.4) is 0 Å². The van der Waals surface area contributed by atoms with Crippen molar-refractivity contribution >= 4 is 11.6 Å². The van der Waals surface area contributed by atoms with E-state index in [9.17, 15) is 4.79 Å². The second-order valence-electron chi connectivity index (χ2n) is 4.98. The highest BCUT2D eigenvalue weighted by Crippen LogP contribution is 2.34. The SMILES string of the molecule is CCC(=O)N1CC(C)Oc2ccc(CCCN)cc21. The minimum atomic E-state index is 0.0397. The summed E-state index contributed by atoms with van der Waals surface area (Å²) in [5.41, 5.74) is 7.65. The average molecular weight is 262 g/mol. The molecule has 4 heteroatoms. The van der Waals surface area contributed by atoms with Crippen molar-refractivity contribution in [1.29, 1.82) is 0 Å². The van der Waals surface area contributed by atoms with Crippen LogP contribution < -0.4 is 15.4 Å². The van der Waals surface area contributed by atoms with Gasteiger partial charge < -0.3 is 15.4 Å². The zero-order chi connectivity index (χ0) is 13.8. The molecule has 0 radical (unpaired) electrons. The number of aryl methyl sites for hydroxylation is 1. The largest absolute Gasteiger partial charge is 0.487 e. The molecule has 19 heavy (non-hydrogen) atoms. The Balaban J connectivity index is 2.30. The summed E-state index contributed by atoms with van der Waals surface area (Å²) in [4.78, 5) is 13.9. The smallest absolute Gasteiger partial charge is 0.226 e. The van der Waals surface area contributed by atoms with E-state index in [1.54, 1.807) is 0 Å². The predicted octanol–water partition coefficient (Wildman–Crippen LogP) is 2.10. The van der Waals surface area contributed by atoms with Crippen LogP contribution >= 0.6 is 0 Å².